The van der Waals surface area contributed by atoms with Gasteiger partial charge in [0, 0.05) is 25.0 Å². The summed E-state index contributed by atoms with van der Waals surface area (Å²) in [5.41, 5.74) is -0.646. The number of piperidine rings is 1. The van der Waals surface area contributed by atoms with E-state index in [1.807, 2.05) is 30.3 Å². The third-order valence-corrected chi connectivity index (χ3v) is 7.05. The summed E-state index contributed by atoms with van der Waals surface area (Å²) in [5.74, 6) is 0.660. The molecule has 1 aliphatic heterocycles. The molecule has 4 heteroatoms. The van der Waals surface area contributed by atoms with Crippen LogP contribution in [0.2, 0.25) is 0 Å². The Bertz CT molecular complexity index is 608. The van der Waals surface area contributed by atoms with Crippen molar-refractivity contribution in [3.63, 3.8) is 0 Å². The van der Waals surface area contributed by atoms with Crippen LogP contribution in [0.3, 0.4) is 0 Å². The standard InChI is InChI=1S/C24H38N2O2/c1-3-19(2)9-8-16-26-17-14-22(15-18-26)25-23(27)24(28,21-12-7-13-21)20-10-5-4-6-11-20/h4-6,10-11,19,21-22,28H,3,7-9,12-18H2,1-2H3,(H,25,27)/t19-,24-/m0/s1. The number of hydrogen-bond acceptors (Lipinski definition) is 3. The Hall–Kier alpha value is -1.39. The lowest BCUT2D eigenvalue weighted by Gasteiger charge is -2.42. The molecule has 156 valence electrons. The van der Waals surface area contributed by atoms with Gasteiger partial charge in [0.05, 0.1) is 0 Å². The molecule has 1 amide bonds. The fourth-order valence-electron chi connectivity index (χ4n) is 4.53. The predicted molar refractivity (Wildman–Crippen MR) is 114 cm³/mol. The number of aliphatic hydroxyl groups is 1. The van der Waals surface area contributed by atoms with Gasteiger partial charge in [0.2, 0.25) is 0 Å². The highest BCUT2D eigenvalue weighted by atomic mass is 16.3. The van der Waals surface area contributed by atoms with Gasteiger partial charge >= 0.3 is 0 Å². The number of amides is 1. The zero-order chi connectivity index (χ0) is 20.0. The smallest absolute Gasteiger partial charge is 0.257 e. The Morgan fingerprint density at radius 3 is 2.46 bits per heavy atom. The van der Waals surface area contributed by atoms with Gasteiger partial charge in [-0.3, -0.25) is 4.79 Å². The molecule has 0 spiro atoms. The third kappa shape index (κ3) is 4.96. The van der Waals surface area contributed by atoms with Crippen LogP contribution < -0.4 is 5.32 Å². The number of benzene rings is 1. The number of nitrogens with one attached hydrogen (secondary N) is 1. The zero-order valence-electron chi connectivity index (χ0n) is 17.7. The highest BCUT2D eigenvalue weighted by molar-refractivity contribution is 5.87. The van der Waals surface area contributed by atoms with E-state index in [1.54, 1.807) is 0 Å². The summed E-state index contributed by atoms with van der Waals surface area (Å²) in [6, 6.07) is 9.69. The lowest BCUT2D eigenvalue weighted by Crippen LogP contribution is -2.55. The molecule has 1 heterocycles. The molecule has 2 atom stereocenters. The van der Waals surface area contributed by atoms with E-state index in [4.69, 9.17) is 0 Å². The summed E-state index contributed by atoms with van der Waals surface area (Å²) < 4.78 is 0. The summed E-state index contributed by atoms with van der Waals surface area (Å²) in [7, 11) is 0. The fraction of sp³-hybridized carbons (Fsp3) is 0.708. The number of nitrogens with zero attached hydrogens (tertiary/aromatic N) is 1. The van der Waals surface area contributed by atoms with Gasteiger partial charge in [-0.2, -0.15) is 0 Å². The molecular formula is C24H38N2O2. The second-order valence-electron chi connectivity index (χ2n) is 9.01. The first-order chi connectivity index (χ1) is 13.5. The average molecular weight is 387 g/mol. The molecule has 0 unspecified atom stereocenters. The van der Waals surface area contributed by atoms with Gasteiger partial charge in [-0.05, 0) is 56.6 Å². The van der Waals surface area contributed by atoms with Crippen LogP contribution >= 0.6 is 0 Å². The maximum atomic E-state index is 13.2. The molecule has 1 aromatic carbocycles. The minimum atomic E-state index is -1.38. The highest BCUT2D eigenvalue weighted by Crippen LogP contribution is 2.42. The Labute approximate surface area is 170 Å². The van der Waals surface area contributed by atoms with Gasteiger partial charge in [0.25, 0.3) is 5.91 Å². The molecule has 1 saturated carbocycles. The first kappa shape index (κ1) is 21.3. The Balaban J connectivity index is 1.51. The SMILES string of the molecule is CC[C@H](C)CCCN1CCC(NC(=O)[C@](O)(c2ccccc2)C2CCC2)CC1. The van der Waals surface area contributed by atoms with Crippen LogP contribution in [0, 0.1) is 11.8 Å². The molecule has 0 radical (unpaired) electrons. The third-order valence-electron chi connectivity index (χ3n) is 7.05. The molecular weight excluding hydrogens is 348 g/mol. The number of likely N-dealkylation sites (tertiary alicyclic amines) is 1. The lowest BCUT2D eigenvalue weighted by atomic mass is 9.69. The van der Waals surface area contributed by atoms with Crippen molar-refractivity contribution in [3.05, 3.63) is 35.9 Å². The summed E-state index contributed by atoms with van der Waals surface area (Å²) in [6.45, 7) is 7.84. The normalized spacial score (nSPS) is 22.2. The van der Waals surface area contributed by atoms with Gasteiger partial charge in [-0.25, -0.2) is 0 Å². The Morgan fingerprint density at radius 1 is 1.21 bits per heavy atom. The molecule has 4 nitrogen and oxygen atoms in total. The quantitative estimate of drug-likeness (QED) is 0.672. The number of hydrogen-bond donors (Lipinski definition) is 2. The largest absolute Gasteiger partial charge is 0.375 e. The number of carbonyl (C=O) groups excluding carboxylic acids is 1. The van der Waals surface area contributed by atoms with E-state index in [9.17, 15) is 9.90 Å². The van der Waals surface area contributed by atoms with Crippen molar-refractivity contribution in [2.45, 2.75) is 76.9 Å². The maximum absolute atomic E-state index is 13.2. The van der Waals surface area contributed by atoms with E-state index in [2.05, 4.69) is 24.1 Å². The van der Waals surface area contributed by atoms with Crippen molar-refractivity contribution in [1.29, 1.82) is 0 Å². The zero-order valence-corrected chi connectivity index (χ0v) is 17.7. The summed E-state index contributed by atoms with van der Waals surface area (Å²) in [4.78, 5) is 15.7. The lowest BCUT2D eigenvalue weighted by molar-refractivity contribution is -0.153. The summed E-state index contributed by atoms with van der Waals surface area (Å²) >= 11 is 0. The van der Waals surface area contributed by atoms with Gasteiger partial charge < -0.3 is 15.3 Å². The van der Waals surface area contributed by atoms with Gasteiger partial charge in [0.1, 0.15) is 0 Å². The number of rotatable bonds is 9. The van der Waals surface area contributed by atoms with E-state index in [1.165, 1.54) is 25.8 Å². The van der Waals surface area contributed by atoms with E-state index < -0.39 is 5.60 Å². The van der Waals surface area contributed by atoms with E-state index in [0.717, 1.165) is 56.7 Å². The monoisotopic (exact) mass is 386 g/mol. The molecule has 2 aliphatic rings. The van der Waals surface area contributed by atoms with Crippen LogP contribution in [0.1, 0.15) is 70.8 Å². The predicted octanol–water partition coefficient (Wildman–Crippen LogP) is 4.08. The minimum absolute atomic E-state index is 0.0375. The molecule has 2 fully saturated rings. The fourth-order valence-corrected chi connectivity index (χ4v) is 4.53. The molecule has 1 aliphatic carbocycles. The molecule has 1 aromatic rings. The average Bonchev–Trinajstić information content (AvgIpc) is 2.68. The van der Waals surface area contributed by atoms with Crippen LogP contribution in [-0.4, -0.2) is 41.6 Å². The van der Waals surface area contributed by atoms with Gasteiger partial charge in [0.15, 0.2) is 5.60 Å². The van der Waals surface area contributed by atoms with E-state index in [-0.39, 0.29) is 17.9 Å². The van der Waals surface area contributed by atoms with Crippen molar-refractivity contribution in [3.8, 4) is 0 Å². The second kappa shape index (κ2) is 9.89. The van der Waals surface area contributed by atoms with Crippen LogP contribution in [0.15, 0.2) is 30.3 Å². The number of carbonyl (C=O) groups is 1. The van der Waals surface area contributed by atoms with Crippen molar-refractivity contribution >= 4 is 5.91 Å². The summed E-state index contributed by atoms with van der Waals surface area (Å²) in [6.07, 6.45) is 8.73. The van der Waals surface area contributed by atoms with Crippen molar-refractivity contribution in [2.75, 3.05) is 19.6 Å². The molecule has 28 heavy (non-hydrogen) atoms. The first-order valence-corrected chi connectivity index (χ1v) is 11.3. The highest BCUT2D eigenvalue weighted by Gasteiger charge is 2.48. The van der Waals surface area contributed by atoms with Crippen LogP contribution in [0.5, 0.6) is 0 Å². The van der Waals surface area contributed by atoms with Crippen molar-refractivity contribution in [2.24, 2.45) is 11.8 Å². The first-order valence-electron chi connectivity index (χ1n) is 11.3. The topological polar surface area (TPSA) is 52.6 Å². The molecule has 0 bridgehead atoms. The van der Waals surface area contributed by atoms with Crippen molar-refractivity contribution < 1.29 is 9.90 Å². The minimum Gasteiger partial charge on any atom is -0.375 e. The van der Waals surface area contributed by atoms with E-state index in [0.29, 0.717) is 0 Å². The van der Waals surface area contributed by atoms with Gasteiger partial charge in [-0.1, -0.05) is 57.0 Å². The van der Waals surface area contributed by atoms with Crippen molar-refractivity contribution in [1.82, 2.24) is 10.2 Å². The Morgan fingerprint density at radius 2 is 1.89 bits per heavy atom. The Kier molecular flexibility index (Phi) is 7.53. The molecule has 1 saturated heterocycles. The van der Waals surface area contributed by atoms with Crippen LogP contribution in [0.4, 0.5) is 0 Å². The summed E-state index contributed by atoms with van der Waals surface area (Å²) in [5, 5.41) is 14.6. The van der Waals surface area contributed by atoms with Crippen LogP contribution in [-0.2, 0) is 10.4 Å². The van der Waals surface area contributed by atoms with Gasteiger partial charge in [-0.15, -0.1) is 0 Å². The molecule has 2 N–H and O–H groups in total. The maximum Gasteiger partial charge on any atom is 0.257 e. The van der Waals surface area contributed by atoms with Crippen LogP contribution in [0.25, 0.3) is 0 Å². The molecule has 0 aromatic heterocycles. The van der Waals surface area contributed by atoms with E-state index >= 15 is 0 Å². The molecule has 3 rings (SSSR count). The second-order valence-corrected chi connectivity index (χ2v) is 9.01.